The van der Waals surface area contributed by atoms with E-state index in [-0.39, 0.29) is 12.0 Å². The summed E-state index contributed by atoms with van der Waals surface area (Å²) in [7, 11) is 0. The lowest BCUT2D eigenvalue weighted by molar-refractivity contribution is 0.0255. The highest BCUT2D eigenvalue weighted by atomic mass is 16.6. The van der Waals surface area contributed by atoms with Crippen molar-refractivity contribution in [2.24, 2.45) is 0 Å². The molecule has 7 heteroatoms. The molecule has 2 rings (SSSR count). The molecule has 0 N–H and O–H groups in total. The second-order valence-corrected chi connectivity index (χ2v) is 6.20. The van der Waals surface area contributed by atoms with Gasteiger partial charge in [-0.2, -0.15) is 0 Å². The van der Waals surface area contributed by atoms with E-state index in [1.807, 2.05) is 20.8 Å². The van der Waals surface area contributed by atoms with Gasteiger partial charge in [0, 0.05) is 38.6 Å². The number of hydrogen-bond donors (Lipinski definition) is 0. The van der Waals surface area contributed by atoms with E-state index in [9.17, 15) is 9.59 Å². The van der Waals surface area contributed by atoms with Crippen LogP contribution in [0, 0.1) is 0 Å². The summed E-state index contributed by atoms with van der Waals surface area (Å²) in [6, 6.07) is 0. The largest absolute Gasteiger partial charge is 0.444 e. The minimum Gasteiger partial charge on any atom is -0.444 e. The molecule has 0 radical (unpaired) electrons. The predicted octanol–water partition coefficient (Wildman–Crippen LogP) is 1.56. The van der Waals surface area contributed by atoms with E-state index < -0.39 is 5.60 Å². The van der Waals surface area contributed by atoms with Crippen LogP contribution in [0.4, 0.5) is 4.79 Å². The molecule has 1 aromatic heterocycles. The number of nitrogens with zero attached hydrogens (tertiary/aromatic N) is 4. The Labute approximate surface area is 130 Å². The Balaban J connectivity index is 1.95. The summed E-state index contributed by atoms with van der Waals surface area (Å²) in [5, 5.41) is 0. The lowest BCUT2D eigenvalue weighted by atomic mass is 10.2. The van der Waals surface area contributed by atoms with Crippen LogP contribution in [0.3, 0.4) is 0 Å². The highest BCUT2D eigenvalue weighted by Gasteiger charge is 2.26. The van der Waals surface area contributed by atoms with Crippen molar-refractivity contribution in [1.29, 1.82) is 0 Å². The number of aromatic nitrogens is 2. The zero-order valence-corrected chi connectivity index (χ0v) is 13.3. The van der Waals surface area contributed by atoms with Crippen LogP contribution in [0.1, 0.15) is 37.7 Å². The van der Waals surface area contributed by atoms with Crippen LogP contribution >= 0.6 is 0 Å². The molecule has 0 atom stereocenters. The molecule has 1 aliphatic heterocycles. The molecule has 0 bridgehead atoms. The first-order valence-electron chi connectivity index (χ1n) is 7.40. The summed E-state index contributed by atoms with van der Waals surface area (Å²) in [5.74, 6) is -0.154. The van der Waals surface area contributed by atoms with Crippen molar-refractivity contribution in [2.45, 2.75) is 32.8 Å². The van der Waals surface area contributed by atoms with E-state index in [4.69, 9.17) is 4.74 Å². The van der Waals surface area contributed by atoms with E-state index in [0.717, 1.165) is 0 Å². The summed E-state index contributed by atoms with van der Waals surface area (Å²) >= 11 is 0. The molecule has 1 saturated heterocycles. The number of carbonyl (C=O) groups is 2. The fourth-order valence-corrected chi connectivity index (χ4v) is 2.20. The molecule has 1 aliphatic rings. The molecule has 0 aromatic carbocycles. The fourth-order valence-electron chi connectivity index (χ4n) is 2.20. The zero-order valence-electron chi connectivity index (χ0n) is 13.3. The van der Waals surface area contributed by atoms with E-state index in [2.05, 4.69) is 9.97 Å². The minimum absolute atomic E-state index is 0.154. The summed E-state index contributed by atoms with van der Waals surface area (Å²) in [6.07, 6.45) is 4.87. The number of ether oxygens (including phenoxy) is 1. The van der Waals surface area contributed by atoms with Crippen molar-refractivity contribution in [3.63, 3.8) is 0 Å². The van der Waals surface area contributed by atoms with Crippen LogP contribution in [0.2, 0.25) is 0 Å². The standard InChI is InChI=1S/C15H22N4O3/c1-15(2,3)22-14(21)19-8-4-7-18(9-10-19)13(20)12-11-16-5-6-17-12/h5-6,11H,4,7-10H2,1-3H3. The van der Waals surface area contributed by atoms with Gasteiger partial charge in [-0.25, -0.2) is 9.78 Å². The SMILES string of the molecule is CC(C)(C)OC(=O)N1CCCN(C(=O)c2cnccn2)CC1. The van der Waals surface area contributed by atoms with E-state index in [1.54, 1.807) is 9.80 Å². The Morgan fingerprint density at radius 3 is 2.41 bits per heavy atom. The van der Waals surface area contributed by atoms with Gasteiger partial charge in [0.15, 0.2) is 0 Å². The average Bonchev–Trinajstić information content (AvgIpc) is 2.71. The van der Waals surface area contributed by atoms with Gasteiger partial charge in [-0.1, -0.05) is 0 Å². The molecular formula is C15H22N4O3. The van der Waals surface area contributed by atoms with E-state index >= 15 is 0 Å². The summed E-state index contributed by atoms with van der Waals surface area (Å²) in [4.78, 5) is 35.7. The van der Waals surface area contributed by atoms with Gasteiger partial charge in [0.1, 0.15) is 11.3 Å². The van der Waals surface area contributed by atoms with Gasteiger partial charge < -0.3 is 14.5 Å². The molecule has 1 aromatic rings. The Morgan fingerprint density at radius 1 is 1.09 bits per heavy atom. The van der Waals surface area contributed by atoms with Gasteiger partial charge in [0.25, 0.3) is 5.91 Å². The summed E-state index contributed by atoms with van der Waals surface area (Å²) in [5.41, 5.74) is -0.188. The number of carbonyl (C=O) groups excluding carboxylic acids is 2. The average molecular weight is 306 g/mol. The molecular weight excluding hydrogens is 284 g/mol. The van der Waals surface area contributed by atoms with E-state index in [1.165, 1.54) is 18.6 Å². The maximum Gasteiger partial charge on any atom is 0.410 e. The van der Waals surface area contributed by atoms with Crippen molar-refractivity contribution < 1.29 is 14.3 Å². The highest BCUT2D eigenvalue weighted by molar-refractivity contribution is 5.92. The Morgan fingerprint density at radius 2 is 1.77 bits per heavy atom. The molecule has 0 unspecified atom stereocenters. The van der Waals surface area contributed by atoms with Crippen LogP contribution in [0.25, 0.3) is 0 Å². The van der Waals surface area contributed by atoms with Gasteiger partial charge in [0.05, 0.1) is 6.20 Å². The molecule has 0 saturated carbocycles. The first-order valence-corrected chi connectivity index (χ1v) is 7.40. The third-order valence-corrected chi connectivity index (χ3v) is 3.22. The number of amides is 2. The van der Waals surface area contributed by atoms with Gasteiger partial charge in [-0.3, -0.25) is 9.78 Å². The molecule has 2 amide bonds. The monoisotopic (exact) mass is 306 g/mol. The van der Waals surface area contributed by atoms with Crippen LogP contribution in [-0.4, -0.2) is 63.5 Å². The maximum absolute atomic E-state index is 12.3. The number of rotatable bonds is 1. The Bertz CT molecular complexity index is 527. The minimum atomic E-state index is -0.515. The van der Waals surface area contributed by atoms with Crippen molar-refractivity contribution in [3.05, 3.63) is 24.3 Å². The topological polar surface area (TPSA) is 75.6 Å². The molecule has 22 heavy (non-hydrogen) atoms. The summed E-state index contributed by atoms with van der Waals surface area (Å²) in [6.45, 7) is 7.62. The molecule has 1 fully saturated rings. The Hall–Kier alpha value is -2.18. The first kappa shape index (κ1) is 16.2. The van der Waals surface area contributed by atoms with Gasteiger partial charge in [-0.15, -0.1) is 0 Å². The first-order chi connectivity index (χ1) is 10.4. The predicted molar refractivity (Wildman–Crippen MR) is 80.4 cm³/mol. The third-order valence-electron chi connectivity index (χ3n) is 3.22. The van der Waals surface area contributed by atoms with Gasteiger partial charge in [-0.05, 0) is 27.2 Å². The van der Waals surface area contributed by atoms with Crippen LogP contribution < -0.4 is 0 Å². The van der Waals surface area contributed by atoms with Crippen LogP contribution in [0.5, 0.6) is 0 Å². The van der Waals surface area contributed by atoms with Crippen molar-refractivity contribution in [1.82, 2.24) is 19.8 Å². The zero-order chi connectivity index (χ0) is 16.2. The lowest BCUT2D eigenvalue weighted by Crippen LogP contribution is -2.40. The lowest BCUT2D eigenvalue weighted by Gasteiger charge is -2.26. The molecule has 0 aliphatic carbocycles. The van der Waals surface area contributed by atoms with Crippen molar-refractivity contribution in [2.75, 3.05) is 26.2 Å². The quantitative estimate of drug-likeness (QED) is 0.787. The highest BCUT2D eigenvalue weighted by Crippen LogP contribution is 2.13. The number of hydrogen-bond acceptors (Lipinski definition) is 5. The third kappa shape index (κ3) is 4.41. The molecule has 0 spiro atoms. The van der Waals surface area contributed by atoms with Crippen molar-refractivity contribution in [3.8, 4) is 0 Å². The normalized spacial score (nSPS) is 16.1. The van der Waals surface area contributed by atoms with Gasteiger partial charge >= 0.3 is 6.09 Å². The van der Waals surface area contributed by atoms with Gasteiger partial charge in [0.2, 0.25) is 0 Å². The molecule has 2 heterocycles. The Kier molecular flexibility index (Phi) is 4.95. The van der Waals surface area contributed by atoms with Crippen molar-refractivity contribution >= 4 is 12.0 Å². The second-order valence-electron chi connectivity index (χ2n) is 6.20. The second kappa shape index (κ2) is 6.72. The smallest absolute Gasteiger partial charge is 0.410 e. The summed E-state index contributed by atoms with van der Waals surface area (Å²) < 4.78 is 5.37. The fraction of sp³-hybridized carbons (Fsp3) is 0.600. The van der Waals surface area contributed by atoms with E-state index in [0.29, 0.717) is 38.3 Å². The maximum atomic E-state index is 12.3. The van der Waals surface area contributed by atoms with Crippen LogP contribution in [-0.2, 0) is 4.74 Å². The molecule has 7 nitrogen and oxygen atoms in total. The molecule has 120 valence electrons. The van der Waals surface area contributed by atoms with Crippen LogP contribution in [0.15, 0.2) is 18.6 Å².